The molecule has 0 unspecified atom stereocenters. The van der Waals surface area contributed by atoms with Gasteiger partial charge in [0.2, 0.25) is 0 Å². The first-order valence-electron chi connectivity index (χ1n) is 10.5. The number of aryl methyl sites for hydroxylation is 3. The summed E-state index contributed by atoms with van der Waals surface area (Å²) in [6.45, 7) is 5.91. The number of hydrogen-bond acceptors (Lipinski definition) is 3. The van der Waals surface area contributed by atoms with Crippen LogP contribution in [0.1, 0.15) is 51.6 Å². The van der Waals surface area contributed by atoms with Gasteiger partial charge in [-0.15, -0.1) is 0 Å². The number of pyridine rings is 1. The van der Waals surface area contributed by atoms with Crippen molar-refractivity contribution in [2.24, 2.45) is 0 Å². The van der Waals surface area contributed by atoms with Gasteiger partial charge in [-0.1, -0.05) is 29.3 Å². The lowest BCUT2D eigenvalue weighted by molar-refractivity contribution is 0.102. The van der Waals surface area contributed by atoms with Gasteiger partial charge in [-0.05, 0) is 75.6 Å². The molecule has 1 aliphatic rings. The van der Waals surface area contributed by atoms with Crippen LogP contribution in [-0.2, 0) is 0 Å². The van der Waals surface area contributed by atoms with Crippen LogP contribution in [0, 0.1) is 20.8 Å². The van der Waals surface area contributed by atoms with Crippen LogP contribution >= 0.6 is 11.6 Å². The lowest BCUT2D eigenvalue weighted by Gasteiger charge is -2.11. The lowest BCUT2D eigenvalue weighted by Crippen LogP contribution is -2.14. The third-order valence-electron chi connectivity index (χ3n) is 5.79. The highest BCUT2D eigenvalue weighted by atomic mass is 35.5. The summed E-state index contributed by atoms with van der Waals surface area (Å²) in [7, 11) is 0. The first-order valence-corrected chi connectivity index (χ1v) is 10.8. The minimum absolute atomic E-state index is 0.161. The molecule has 1 fully saturated rings. The van der Waals surface area contributed by atoms with E-state index < -0.39 is 0 Å². The monoisotopic (exact) mass is 430 g/mol. The second kappa shape index (κ2) is 7.50. The van der Waals surface area contributed by atoms with Crippen molar-refractivity contribution in [2.75, 3.05) is 5.32 Å². The van der Waals surface area contributed by atoms with Crippen molar-refractivity contribution < 1.29 is 4.79 Å². The van der Waals surface area contributed by atoms with Gasteiger partial charge in [0.05, 0.1) is 22.3 Å². The molecule has 2 aromatic heterocycles. The molecule has 4 aromatic rings. The molecule has 0 bridgehead atoms. The fraction of sp³-hybridized carbons (Fsp3) is 0.240. The Morgan fingerprint density at radius 1 is 1.06 bits per heavy atom. The van der Waals surface area contributed by atoms with Gasteiger partial charge in [0.15, 0.2) is 5.65 Å². The van der Waals surface area contributed by atoms with Gasteiger partial charge >= 0.3 is 0 Å². The number of nitrogens with one attached hydrogen (secondary N) is 1. The number of halogens is 1. The number of aromatic nitrogens is 3. The van der Waals surface area contributed by atoms with Gasteiger partial charge in [0.1, 0.15) is 0 Å². The van der Waals surface area contributed by atoms with Crippen LogP contribution in [0.5, 0.6) is 0 Å². The normalized spacial score (nSPS) is 13.5. The molecular formula is C25H23ClN4O. The molecule has 2 aromatic carbocycles. The first-order chi connectivity index (χ1) is 14.9. The van der Waals surface area contributed by atoms with E-state index in [0.29, 0.717) is 16.5 Å². The van der Waals surface area contributed by atoms with E-state index in [4.69, 9.17) is 21.7 Å². The highest BCUT2D eigenvalue weighted by Crippen LogP contribution is 2.41. The molecule has 0 saturated heterocycles. The number of benzene rings is 2. The Morgan fingerprint density at radius 3 is 2.48 bits per heavy atom. The zero-order chi connectivity index (χ0) is 21.7. The summed E-state index contributed by atoms with van der Waals surface area (Å²) in [6, 6.07) is 15.6. The van der Waals surface area contributed by atoms with Crippen LogP contribution in [0.3, 0.4) is 0 Å². The zero-order valence-corrected chi connectivity index (χ0v) is 18.5. The van der Waals surface area contributed by atoms with Crippen LogP contribution in [0.15, 0.2) is 48.5 Å². The van der Waals surface area contributed by atoms with Crippen LogP contribution in [0.25, 0.3) is 16.7 Å². The van der Waals surface area contributed by atoms with E-state index in [1.807, 2.05) is 48.9 Å². The Kier molecular flexibility index (Phi) is 4.78. The van der Waals surface area contributed by atoms with E-state index in [-0.39, 0.29) is 5.91 Å². The van der Waals surface area contributed by atoms with Gasteiger partial charge in [-0.25, -0.2) is 9.67 Å². The van der Waals surface area contributed by atoms with Gasteiger partial charge in [0, 0.05) is 22.3 Å². The zero-order valence-electron chi connectivity index (χ0n) is 17.7. The summed E-state index contributed by atoms with van der Waals surface area (Å²) in [5.41, 5.74) is 6.85. The number of fused-ring (bicyclic) bond motifs is 1. The molecule has 0 atom stereocenters. The van der Waals surface area contributed by atoms with Crippen LogP contribution < -0.4 is 5.32 Å². The van der Waals surface area contributed by atoms with Crippen molar-refractivity contribution in [3.05, 3.63) is 81.6 Å². The van der Waals surface area contributed by atoms with Crippen LogP contribution in [0.2, 0.25) is 5.02 Å². The highest BCUT2D eigenvalue weighted by Gasteiger charge is 2.29. The van der Waals surface area contributed by atoms with Crippen molar-refractivity contribution in [3.63, 3.8) is 0 Å². The molecule has 5 nitrogen and oxygen atoms in total. The number of carbonyl (C=O) groups is 1. The Labute approximate surface area is 186 Å². The van der Waals surface area contributed by atoms with E-state index in [0.717, 1.165) is 52.2 Å². The second-order valence-corrected chi connectivity index (χ2v) is 8.75. The van der Waals surface area contributed by atoms with Gasteiger partial charge in [-0.2, -0.15) is 5.10 Å². The minimum atomic E-state index is -0.161. The molecule has 0 aliphatic heterocycles. The first kappa shape index (κ1) is 19.8. The summed E-state index contributed by atoms with van der Waals surface area (Å²) < 4.78 is 1.85. The number of rotatable bonds is 4. The van der Waals surface area contributed by atoms with Gasteiger partial charge in [0.25, 0.3) is 5.91 Å². The fourth-order valence-electron chi connectivity index (χ4n) is 3.90. The molecule has 1 amide bonds. The third-order valence-corrected chi connectivity index (χ3v) is 6.02. The Balaban J connectivity index is 1.65. The lowest BCUT2D eigenvalue weighted by atomic mass is 10.1. The number of anilines is 1. The minimum Gasteiger partial charge on any atom is -0.322 e. The second-order valence-electron chi connectivity index (χ2n) is 8.31. The largest absolute Gasteiger partial charge is 0.322 e. The quantitative estimate of drug-likeness (QED) is 0.423. The van der Waals surface area contributed by atoms with E-state index in [9.17, 15) is 4.79 Å². The number of carbonyl (C=O) groups excluding carboxylic acids is 1. The molecule has 6 heteroatoms. The van der Waals surface area contributed by atoms with Gasteiger partial charge in [-0.3, -0.25) is 4.79 Å². The molecule has 1 saturated carbocycles. The highest BCUT2D eigenvalue weighted by molar-refractivity contribution is 6.30. The van der Waals surface area contributed by atoms with Crippen molar-refractivity contribution in [1.29, 1.82) is 0 Å². The van der Waals surface area contributed by atoms with Crippen LogP contribution in [-0.4, -0.2) is 20.7 Å². The van der Waals surface area contributed by atoms with E-state index >= 15 is 0 Å². The van der Waals surface area contributed by atoms with Crippen molar-refractivity contribution in [2.45, 2.75) is 39.5 Å². The Hall–Kier alpha value is -3.18. The summed E-state index contributed by atoms with van der Waals surface area (Å²) >= 11 is 6.07. The number of amides is 1. The number of hydrogen-bond donors (Lipinski definition) is 1. The van der Waals surface area contributed by atoms with Crippen molar-refractivity contribution in [3.8, 4) is 5.69 Å². The molecule has 0 radical (unpaired) electrons. The molecule has 0 spiro atoms. The molecule has 1 aliphatic carbocycles. The number of nitrogens with zero attached hydrogens (tertiary/aromatic N) is 3. The maximum Gasteiger partial charge on any atom is 0.256 e. The maximum absolute atomic E-state index is 13.4. The van der Waals surface area contributed by atoms with E-state index in [1.54, 1.807) is 6.07 Å². The molecular weight excluding hydrogens is 408 g/mol. The predicted octanol–water partition coefficient (Wildman–Crippen LogP) is 6.13. The average Bonchev–Trinajstić information content (AvgIpc) is 3.54. The standard InChI is InChI=1S/C25H23ClN4O/c1-14-4-9-19(10-5-14)30-24-23(16(3)29-30)20(13-22(27-24)17-6-7-17)25(31)28-21-11-8-18(26)12-15(21)2/h4-5,8-13,17H,6-7H2,1-3H3,(H,28,31). The summed E-state index contributed by atoms with van der Waals surface area (Å²) in [5.74, 6) is 0.251. The van der Waals surface area contributed by atoms with E-state index in [1.165, 1.54) is 5.56 Å². The van der Waals surface area contributed by atoms with Crippen molar-refractivity contribution in [1.82, 2.24) is 14.8 Å². The molecule has 31 heavy (non-hydrogen) atoms. The molecule has 2 heterocycles. The smallest absolute Gasteiger partial charge is 0.256 e. The fourth-order valence-corrected chi connectivity index (χ4v) is 4.13. The van der Waals surface area contributed by atoms with Gasteiger partial charge < -0.3 is 5.32 Å². The third kappa shape index (κ3) is 3.70. The summed E-state index contributed by atoms with van der Waals surface area (Å²) in [6.07, 6.45) is 2.21. The topological polar surface area (TPSA) is 59.8 Å². The predicted molar refractivity (Wildman–Crippen MR) is 124 cm³/mol. The van der Waals surface area contributed by atoms with Crippen molar-refractivity contribution >= 4 is 34.2 Å². The van der Waals surface area contributed by atoms with Crippen LogP contribution in [0.4, 0.5) is 5.69 Å². The Morgan fingerprint density at radius 2 is 1.81 bits per heavy atom. The molecule has 5 rings (SSSR count). The van der Waals surface area contributed by atoms with E-state index in [2.05, 4.69) is 24.4 Å². The molecule has 156 valence electrons. The maximum atomic E-state index is 13.4. The Bertz CT molecular complexity index is 1320. The average molecular weight is 431 g/mol. The summed E-state index contributed by atoms with van der Waals surface area (Å²) in [4.78, 5) is 18.3. The molecule has 1 N–H and O–H groups in total. The SMILES string of the molecule is Cc1ccc(-n2nc(C)c3c(C(=O)Nc4ccc(Cl)cc4C)cc(C4CC4)nc32)cc1. The summed E-state index contributed by atoms with van der Waals surface area (Å²) in [5, 5.41) is 9.23.